The van der Waals surface area contributed by atoms with Crippen LogP contribution in [0.15, 0.2) is 18.5 Å². The van der Waals surface area contributed by atoms with E-state index in [-0.39, 0.29) is 16.9 Å². The van der Waals surface area contributed by atoms with Crippen LogP contribution in [0, 0.1) is 22.7 Å². The van der Waals surface area contributed by atoms with E-state index in [9.17, 15) is 13.2 Å². The number of rotatable bonds is 6. The maximum Gasteiger partial charge on any atom is 0.422 e. The van der Waals surface area contributed by atoms with Crippen LogP contribution in [0.3, 0.4) is 0 Å². The van der Waals surface area contributed by atoms with Crippen LogP contribution in [0.2, 0.25) is 0 Å². The minimum atomic E-state index is -4.48. The zero-order valence-electron chi connectivity index (χ0n) is 20.5. The Morgan fingerprint density at radius 1 is 1.17 bits per heavy atom. The standard InChI is InChI=1S/C24H32F3N5O3/c1-22(2)12-31(13-22)7-5-6-17-8-19(33-16-24(25,26)27)21(28-9-17)18-10-32(30-29-18)11-20-34-14-23(3,4)15-35-20/h8-10,20,29-30H,7,11-16H2,1-4H3. The fraction of sp³-hybridized carbons (Fsp3) is 0.625. The zero-order valence-corrected chi connectivity index (χ0v) is 20.5. The molecular formula is C24H32F3N5O3. The molecule has 1 aromatic rings. The lowest BCUT2D eigenvalue weighted by Gasteiger charge is -2.44. The van der Waals surface area contributed by atoms with E-state index in [0.29, 0.717) is 43.0 Å². The number of hydrazine groups is 2. The number of hydrogen-bond donors (Lipinski definition) is 2. The molecule has 2 saturated heterocycles. The van der Waals surface area contributed by atoms with Crippen LogP contribution in [0.25, 0.3) is 5.70 Å². The summed E-state index contributed by atoms with van der Waals surface area (Å²) in [4.78, 5) is 6.56. The number of halogens is 3. The van der Waals surface area contributed by atoms with Crippen molar-refractivity contribution in [3.05, 3.63) is 29.7 Å². The molecule has 8 nitrogen and oxygen atoms in total. The first-order chi connectivity index (χ1) is 16.4. The molecule has 3 aliphatic rings. The number of aromatic nitrogens is 1. The molecule has 0 amide bonds. The third kappa shape index (κ3) is 7.24. The molecule has 4 rings (SSSR count). The van der Waals surface area contributed by atoms with E-state index < -0.39 is 19.1 Å². The number of alkyl halides is 3. The molecule has 0 unspecified atom stereocenters. The molecule has 3 aliphatic heterocycles. The SMILES string of the molecule is CC1(C)COC(CN2C=C(c3ncc(C#CCN4CC(C)(C)C4)cc3OCC(F)(F)F)NN2)OC1. The van der Waals surface area contributed by atoms with Gasteiger partial charge in [0.2, 0.25) is 0 Å². The van der Waals surface area contributed by atoms with E-state index in [1.807, 2.05) is 0 Å². The summed E-state index contributed by atoms with van der Waals surface area (Å²) >= 11 is 0. The Morgan fingerprint density at radius 3 is 2.54 bits per heavy atom. The van der Waals surface area contributed by atoms with Crippen molar-refractivity contribution in [3.63, 3.8) is 0 Å². The molecule has 0 atom stereocenters. The van der Waals surface area contributed by atoms with Gasteiger partial charge in [-0.1, -0.05) is 39.5 Å². The minimum absolute atomic E-state index is 0.00600. The highest BCUT2D eigenvalue weighted by Gasteiger charge is 2.33. The van der Waals surface area contributed by atoms with Crippen LogP contribution >= 0.6 is 0 Å². The van der Waals surface area contributed by atoms with Crippen molar-refractivity contribution in [2.45, 2.75) is 40.2 Å². The van der Waals surface area contributed by atoms with Gasteiger partial charge < -0.3 is 19.6 Å². The summed E-state index contributed by atoms with van der Waals surface area (Å²) in [6.07, 6.45) is -1.69. The molecule has 0 aliphatic carbocycles. The number of ether oxygens (including phenoxy) is 3. The maximum absolute atomic E-state index is 12.9. The Morgan fingerprint density at radius 2 is 1.89 bits per heavy atom. The Bertz CT molecular complexity index is 998. The third-order valence-corrected chi connectivity index (χ3v) is 5.62. The quantitative estimate of drug-likeness (QED) is 0.584. The van der Waals surface area contributed by atoms with Gasteiger partial charge in [0.15, 0.2) is 12.9 Å². The molecule has 0 bridgehead atoms. The first kappa shape index (κ1) is 25.6. The number of nitrogens with zero attached hydrogens (tertiary/aromatic N) is 3. The smallest absolute Gasteiger partial charge is 0.422 e. The molecule has 0 aromatic carbocycles. The van der Waals surface area contributed by atoms with Gasteiger partial charge >= 0.3 is 6.18 Å². The molecule has 0 saturated carbocycles. The molecule has 192 valence electrons. The first-order valence-electron chi connectivity index (χ1n) is 11.5. The molecule has 4 heterocycles. The summed E-state index contributed by atoms with van der Waals surface area (Å²) in [6, 6.07) is 1.49. The average Bonchev–Trinajstić information content (AvgIpc) is 3.20. The third-order valence-electron chi connectivity index (χ3n) is 5.62. The lowest BCUT2D eigenvalue weighted by Crippen LogP contribution is -2.52. The average molecular weight is 496 g/mol. The van der Waals surface area contributed by atoms with Crippen LogP contribution < -0.4 is 15.7 Å². The highest BCUT2D eigenvalue weighted by molar-refractivity contribution is 5.67. The predicted molar refractivity (Wildman–Crippen MR) is 123 cm³/mol. The van der Waals surface area contributed by atoms with Crippen LogP contribution in [-0.2, 0) is 9.47 Å². The van der Waals surface area contributed by atoms with Gasteiger partial charge in [0.25, 0.3) is 0 Å². The highest BCUT2D eigenvalue weighted by Crippen LogP contribution is 2.29. The van der Waals surface area contributed by atoms with E-state index in [0.717, 1.165) is 13.1 Å². The summed E-state index contributed by atoms with van der Waals surface area (Å²) in [5.74, 6) is 6.04. The van der Waals surface area contributed by atoms with Crippen molar-refractivity contribution in [3.8, 4) is 17.6 Å². The van der Waals surface area contributed by atoms with Gasteiger partial charge in [0.1, 0.15) is 11.4 Å². The van der Waals surface area contributed by atoms with Gasteiger partial charge in [-0.15, -0.1) is 5.53 Å². The highest BCUT2D eigenvalue weighted by atomic mass is 19.4. The van der Waals surface area contributed by atoms with Crippen LogP contribution in [0.4, 0.5) is 13.2 Å². The molecule has 2 N–H and O–H groups in total. The molecule has 0 spiro atoms. The number of hydrogen-bond acceptors (Lipinski definition) is 8. The van der Waals surface area contributed by atoms with Gasteiger partial charge in [0.05, 0.1) is 32.0 Å². The first-order valence-corrected chi connectivity index (χ1v) is 11.5. The molecule has 35 heavy (non-hydrogen) atoms. The van der Waals surface area contributed by atoms with Crippen LogP contribution in [0.1, 0.15) is 39.0 Å². The zero-order chi connectivity index (χ0) is 25.3. The Labute approximate surface area is 203 Å². The summed E-state index contributed by atoms with van der Waals surface area (Å²) in [7, 11) is 0. The van der Waals surface area contributed by atoms with Crippen molar-refractivity contribution >= 4 is 5.70 Å². The number of nitrogens with one attached hydrogen (secondary N) is 2. The van der Waals surface area contributed by atoms with Gasteiger partial charge in [-0.25, -0.2) is 4.98 Å². The molecule has 11 heteroatoms. The summed E-state index contributed by atoms with van der Waals surface area (Å²) in [5, 5.41) is 1.69. The van der Waals surface area contributed by atoms with Crippen molar-refractivity contribution in [2.75, 3.05) is 46.0 Å². The summed E-state index contributed by atoms with van der Waals surface area (Å²) in [5.41, 5.74) is 7.31. The fourth-order valence-electron chi connectivity index (χ4n) is 4.08. The Hall–Kier alpha value is -2.52. The summed E-state index contributed by atoms with van der Waals surface area (Å²) < 4.78 is 55.2. The Kier molecular flexibility index (Phi) is 7.20. The van der Waals surface area contributed by atoms with E-state index >= 15 is 0 Å². The lowest BCUT2D eigenvalue weighted by atomic mass is 9.84. The van der Waals surface area contributed by atoms with Crippen molar-refractivity contribution in [2.24, 2.45) is 10.8 Å². The lowest BCUT2D eigenvalue weighted by molar-refractivity contribution is -0.227. The van der Waals surface area contributed by atoms with Crippen molar-refractivity contribution in [1.29, 1.82) is 0 Å². The van der Waals surface area contributed by atoms with E-state index in [4.69, 9.17) is 14.2 Å². The fourth-order valence-corrected chi connectivity index (χ4v) is 4.08. The van der Waals surface area contributed by atoms with Gasteiger partial charge in [0, 0.05) is 36.5 Å². The second kappa shape index (κ2) is 9.85. The van der Waals surface area contributed by atoms with Gasteiger partial charge in [-0.05, 0) is 11.5 Å². The molecule has 0 radical (unpaired) electrons. The van der Waals surface area contributed by atoms with Crippen LogP contribution in [0.5, 0.6) is 5.75 Å². The minimum Gasteiger partial charge on any atom is -0.482 e. The molecule has 1 aromatic heterocycles. The molecular weight excluding hydrogens is 463 g/mol. The largest absolute Gasteiger partial charge is 0.482 e. The normalized spacial score (nSPS) is 22.0. The van der Waals surface area contributed by atoms with Gasteiger partial charge in [-0.2, -0.15) is 13.2 Å². The second-order valence-corrected chi connectivity index (χ2v) is 10.7. The Balaban J connectivity index is 1.44. The van der Waals surface area contributed by atoms with Crippen LogP contribution in [-0.4, -0.2) is 73.4 Å². The van der Waals surface area contributed by atoms with Crippen molar-refractivity contribution in [1.82, 2.24) is 25.9 Å². The van der Waals surface area contributed by atoms with Crippen molar-refractivity contribution < 1.29 is 27.4 Å². The van der Waals surface area contributed by atoms with E-state index in [1.165, 1.54) is 12.3 Å². The predicted octanol–water partition coefficient (Wildman–Crippen LogP) is 2.74. The topological polar surface area (TPSA) is 71.1 Å². The number of likely N-dealkylation sites (tertiary alicyclic amines) is 1. The summed E-state index contributed by atoms with van der Waals surface area (Å²) in [6.45, 7) is 11.1. The maximum atomic E-state index is 12.9. The van der Waals surface area contributed by atoms with E-state index in [1.54, 1.807) is 11.2 Å². The number of pyridine rings is 1. The second-order valence-electron chi connectivity index (χ2n) is 10.7. The van der Waals surface area contributed by atoms with E-state index in [2.05, 4.69) is 60.4 Å². The van der Waals surface area contributed by atoms with Gasteiger partial charge in [-0.3, -0.25) is 9.91 Å². The monoisotopic (exact) mass is 495 g/mol. The molecule has 2 fully saturated rings.